The van der Waals surface area contributed by atoms with E-state index in [4.69, 9.17) is 0 Å². The van der Waals surface area contributed by atoms with E-state index < -0.39 is 11.8 Å². The summed E-state index contributed by atoms with van der Waals surface area (Å²) in [7, 11) is 0. The second-order valence-electron chi connectivity index (χ2n) is 3.46. The molecule has 0 aromatic carbocycles. The van der Waals surface area contributed by atoms with E-state index in [9.17, 15) is 9.59 Å². The van der Waals surface area contributed by atoms with Gasteiger partial charge in [-0.25, -0.2) is 4.98 Å². The summed E-state index contributed by atoms with van der Waals surface area (Å²) in [6, 6.07) is 5.05. The van der Waals surface area contributed by atoms with Crippen molar-refractivity contribution in [3.05, 3.63) is 49.7 Å². The minimum absolute atomic E-state index is 0.292. The molecule has 0 bridgehead atoms. The number of carbonyl (C=O) groups is 2. The van der Waals surface area contributed by atoms with Crippen LogP contribution in [-0.2, 0) is 9.59 Å². The van der Waals surface area contributed by atoms with Crippen molar-refractivity contribution in [3.63, 3.8) is 0 Å². The van der Waals surface area contributed by atoms with Crippen molar-refractivity contribution in [2.75, 3.05) is 18.4 Å². The second-order valence-corrected chi connectivity index (χ2v) is 3.46. The number of pyridine rings is 1. The van der Waals surface area contributed by atoms with Gasteiger partial charge in [0.25, 0.3) is 0 Å². The average molecular weight is 245 g/mol. The monoisotopic (exact) mass is 245 g/mol. The van der Waals surface area contributed by atoms with Gasteiger partial charge in [-0.1, -0.05) is 18.2 Å². The van der Waals surface area contributed by atoms with Crippen molar-refractivity contribution >= 4 is 17.6 Å². The summed E-state index contributed by atoms with van der Waals surface area (Å²) in [5, 5.41) is 2.43. The van der Waals surface area contributed by atoms with Crippen LogP contribution in [0.1, 0.15) is 0 Å². The standard InChI is InChI=1S/C13H15N3O2/c1-3-9-16(10-4-2)13(18)12(17)15-11-7-5-6-8-14-11/h3-8H,1-2,9-10H2,(H,14,15,17). The number of hydrogen-bond donors (Lipinski definition) is 1. The highest BCUT2D eigenvalue weighted by molar-refractivity contribution is 6.39. The highest BCUT2D eigenvalue weighted by atomic mass is 16.2. The number of aromatic nitrogens is 1. The van der Waals surface area contributed by atoms with Gasteiger partial charge in [-0.3, -0.25) is 9.59 Å². The lowest BCUT2D eigenvalue weighted by molar-refractivity contribution is -0.142. The van der Waals surface area contributed by atoms with Crippen LogP contribution in [0.2, 0.25) is 0 Å². The molecule has 94 valence electrons. The molecule has 5 nitrogen and oxygen atoms in total. The first kappa shape index (κ1) is 13.6. The van der Waals surface area contributed by atoms with E-state index in [0.29, 0.717) is 18.9 Å². The molecule has 0 spiro atoms. The molecule has 1 heterocycles. The Bertz CT molecular complexity index is 433. The summed E-state index contributed by atoms with van der Waals surface area (Å²) < 4.78 is 0. The van der Waals surface area contributed by atoms with E-state index in [1.807, 2.05) is 0 Å². The fourth-order valence-electron chi connectivity index (χ4n) is 1.30. The first-order valence-electron chi connectivity index (χ1n) is 5.42. The third-order valence-corrected chi connectivity index (χ3v) is 2.09. The molecule has 1 N–H and O–H groups in total. The predicted octanol–water partition coefficient (Wildman–Crippen LogP) is 1.22. The number of rotatable bonds is 5. The van der Waals surface area contributed by atoms with E-state index in [1.54, 1.807) is 30.4 Å². The fraction of sp³-hybridized carbons (Fsp3) is 0.154. The summed E-state index contributed by atoms with van der Waals surface area (Å²) in [6.45, 7) is 7.66. The van der Waals surface area contributed by atoms with Crippen LogP contribution in [0, 0.1) is 0 Å². The zero-order valence-electron chi connectivity index (χ0n) is 10.0. The van der Waals surface area contributed by atoms with Crippen LogP contribution in [-0.4, -0.2) is 34.8 Å². The Kier molecular flexibility index (Phi) is 5.31. The summed E-state index contributed by atoms with van der Waals surface area (Å²) in [5.41, 5.74) is 0. The molecule has 0 aliphatic rings. The maximum Gasteiger partial charge on any atom is 0.315 e. The van der Waals surface area contributed by atoms with Gasteiger partial charge >= 0.3 is 11.8 Å². The van der Waals surface area contributed by atoms with Crippen molar-refractivity contribution < 1.29 is 9.59 Å². The molecule has 0 saturated carbocycles. The molecule has 0 atom stereocenters. The molecule has 5 heteroatoms. The van der Waals surface area contributed by atoms with E-state index in [1.165, 1.54) is 11.1 Å². The predicted molar refractivity (Wildman–Crippen MR) is 69.8 cm³/mol. The van der Waals surface area contributed by atoms with Gasteiger partial charge in [-0.2, -0.15) is 0 Å². The molecule has 0 radical (unpaired) electrons. The lowest BCUT2D eigenvalue weighted by Crippen LogP contribution is -2.40. The van der Waals surface area contributed by atoms with Crippen LogP contribution < -0.4 is 5.32 Å². The molecule has 1 aromatic rings. The van der Waals surface area contributed by atoms with E-state index in [0.717, 1.165) is 0 Å². The van der Waals surface area contributed by atoms with Crippen molar-refractivity contribution in [2.24, 2.45) is 0 Å². The number of carbonyl (C=O) groups excluding carboxylic acids is 2. The maximum atomic E-state index is 11.8. The van der Waals surface area contributed by atoms with Gasteiger partial charge < -0.3 is 10.2 Å². The Labute approximate surface area is 106 Å². The third kappa shape index (κ3) is 3.86. The second kappa shape index (κ2) is 7.01. The fourth-order valence-corrected chi connectivity index (χ4v) is 1.30. The largest absolute Gasteiger partial charge is 0.327 e. The van der Waals surface area contributed by atoms with E-state index in [-0.39, 0.29) is 0 Å². The van der Waals surface area contributed by atoms with Crippen molar-refractivity contribution in [2.45, 2.75) is 0 Å². The maximum absolute atomic E-state index is 11.8. The van der Waals surface area contributed by atoms with Crippen LogP contribution in [0.3, 0.4) is 0 Å². The van der Waals surface area contributed by atoms with Gasteiger partial charge in [0.05, 0.1) is 0 Å². The molecule has 2 amide bonds. The molecule has 1 rings (SSSR count). The van der Waals surface area contributed by atoms with Crippen LogP contribution in [0.15, 0.2) is 49.7 Å². The van der Waals surface area contributed by atoms with Crippen LogP contribution in [0.5, 0.6) is 0 Å². The summed E-state index contributed by atoms with van der Waals surface area (Å²) >= 11 is 0. The molecule has 1 aromatic heterocycles. The van der Waals surface area contributed by atoms with Crippen LogP contribution in [0.25, 0.3) is 0 Å². The van der Waals surface area contributed by atoms with E-state index in [2.05, 4.69) is 23.5 Å². The third-order valence-electron chi connectivity index (χ3n) is 2.09. The molecular formula is C13H15N3O2. The first-order valence-corrected chi connectivity index (χ1v) is 5.42. The van der Waals surface area contributed by atoms with Gasteiger partial charge in [0.15, 0.2) is 0 Å². The molecule has 0 aliphatic heterocycles. The molecule has 0 saturated heterocycles. The number of anilines is 1. The zero-order chi connectivity index (χ0) is 13.4. The van der Waals surface area contributed by atoms with Gasteiger partial charge in [0.2, 0.25) is 0 Å². The molecule has 0 unspecified atom stereocenters. The van der Waals surface area contributed by atoms with Crippen molar-refractivity contribution in [1.82, 2.24) is 9.88 Å². The van der Waals surface area contributed by atoms with Crippen molar-refractivity contribution in [1.29, 1.82) is 0 Å². The first-order chi connectivity index (χ1) is 8.69. The quantitative estimate of drug-likeness (QED) is 0.626. The minimum atomic E-state index is -0.725. The minimum Gasteiger partial charge on any atom is -0.327 e. The summed E-state index contributed by atoms with van der Waals surface area (Å²) in [4.78, 5) is 28.8. The molecule has 0 fully saturated rings. The number of nitrogens with zero attached hydrogens (tertiary/aromatic N) is 2. The number of hydrogen-bond acceptors (Lipinski definition) is 3. The lowest BCUT2D eigenvalue weighted by atomic mass is 10.4. The molecule has 0 aliphatic carbocycles. The smallest absolute Gasteiger partial charge is 0.315 e. The summed E-state index contributed by atoms with van der Waals surface area (Å²) in [5.74, 6) is -1.02. The number of nitrogens with one attached hydrogen (secondary N) is 1. The molecular weight excluding hydrogens is 230 g/mol. The molecule has 18 heavy (non-hydrogen) atoms. The van der Waals surface area contributed by atoms with Crippen LogP contribution >= 0.6 is 0 Å². The Morgan fingerprint density at radius 2 is 1.94 bits per heavy atom. The topological polar surface area (TPSA) is 62.3 Å². The van der Waals surface area contributed by atoms with Gasteiger partial charge in [0.1, 0.15) is 5.82 Å². The Morgan fingerprint density at radius 1 is 1.28 bits per heavy atom. The highest BCUT2D eigenvalue weighted by Crippen LogP contribution is 2.01. The van der Waals surface area contributed by atoms with Gasteiger partial charge in [0, 0.05) is 19.3 Å². The summed E-state index contributed by atoms with van der Waals surface area (Å²) in [6.07, 6.45) is 4.64. The normalized spacial score (nSPS) is 9.33. The highest BCUT2D eigenvalue weighted by Gasteiger charge is 2.20. The lowest BCUT2D eigenvalue weighted by Gasteiger charge is -2.18. The number of amides is 2. The SMILES string of the molecule is C=CCN(CC=C)C(=O)C(=O)Nc1ccccn1. The Morgan fingerprint density at radius 3 is 2.44 bits per heavy atom. The van der Waals surface area contributed by atoms with Gasteiger partial charge in [-0.05, 0) is 12.1 Å². The Hall–Kier alpha value is -2.43. The van der Waals surface area contributed by atoms with E-state index >= 15 is 0 Å². The Balaban J connectivity index is 2.67. The zero-order valence-corrected chi connectivity index (χ0v) is 10.0. The van der Waals surface area contributed by atoms with Gasteiger partial charge in [-0.15, -0.1) is 13.2 Å². The van der Waals surface area contributed by atoms with Crippen LogP contribution in [0.4, 0.5) is 5.82 Å². The average Bonchev–Trinajstić information content (AvgIpc) is 2.39. The van der Waals surface area contributed by atoms with Crippen molar-refractivity contribution in [3.8, 4) is 0 Å².